The van der Waals surface area contributed by atoms with Crippen LogP contribution in [0.2, 0.25) is 0 Å². The maximum atomic E-state index is 6.41. The van der Waals surface area contributed by atoms with Crippen molar-refractivity contribution >= 4 is 0 Å². The van der Waals surface area contributed by atoms with E-state index in [1.165, 1.54) is 64.2 Å². The fraction of sp³-hybridized carbons (Fsp3) is 1.00. The fourth-order valence-electron chi connectivity index (χ4n) is 4.31. The second kappa shape index (κ2) is 4.89. The monoisotopic (exact) mass is 237 g/mol. The molecule has 2 atom stereocenters. The summed E-state index contributed by atoms with van der Waals surface area (Å²) in [7, 11) is 0. The Morgan fingerprint density at radius 3 is 2.18 bits per heavy atom. The van der Waals surface area contributed by atoms with Crippen molar-refractivity contribution in [2.24, 2.45) is 11.1 Å². The SMILES string of the molecule is NC1CC(OC2CCCCC2)C12CCCCC2. The van der Waals surface area contributed by atoms with Gasteiger partial charge in [-0.15, -0.1) is 0 Å². The molecule has 1 spiro atoms. The highest BCUT2D eigenvalue weighted by Gasteiger charge is 2.54. The minimum absolute atomic E-state index is 0.385. The van der Waals surface area contributed by atoms with Crippen LogP contribution in [0.15, 0.2) is 0 Å². The smallest absolute Gasteiger partial charge is 0.0664 e. The minimum atomic E-state index is 0.385. The lowest BCUT2D eigenvalue weighted by atomic mass is 9.55. The molecule has 3 saturated carbocycles. The third-order valence-corrected chi connectivity index (χ3v) is 5.54. The molecule has 3 aliphatic carbocycles. The van der Waals surface area contributed by atoms with Gasteiger partial charge in [-0.1, -0.05) is 38.5 Å². The van der Waals surface area contributed by atoms with Crippen LogP contribution in [0.4, 0.5) is 0 Å². The summed E-state index contributed by atoms with van der Waals surface area (Å²) in [5.74, 6) is 0. The van der Waals surface area contributed by atoms with Crippen LogP contribution in [-0.2, 0) is 4.74 Å². The number of rotatable bonds is 2. The molecular weight excluding hydrogens is 210 g/mol. The average Bonchev–Trinajstić information content (AvgIpc) is 2.41. The Labute approximate surface area is 105 Å². The molecule has 2 heteroatoms. The molecule has 0 aromatic carbocycles. The second-order valence-electron chi connectivity index (χ2n) is 6.52. The average molecular weight is 237 g/mol. The van der Waals surface area contributed by atoms with Gasteiger partial charge in [-0.25, -0.2) is 0 Å². The van der Waals surface area contributed by atoms with Crippen molar-refractivity contribution in [1.29, 1.82) is 0 Å². The van der Waals surface area contributed by atoms with E-state index >= 15 is 0 Å². The molecule has 0 aromatic rings. The predicted molar refractivity (Wildman–Crippen MR) is 69.9 cm³/mol. The van der Waals surface area contributed by atoms with Crippen LogP contribution < -0.4 is 5.73 Å². The Hall–Kier alpha value is -0.0800. The molecule has 2 unspecified atom stereocenters. The topological polar surface area (TPSA) is 35.2 Å². The molecule has 2 N–H and O–H groups in total. The van der Waals surface area contributed by atoms with Gasteiger partial charge in [0.15, 0.2) is 0 Å². The summed E-state index contributed by atoms with van der Waals surface area (Å²) in [4.78, 5) is 0. The van der Waals surface area contributed by atoms with Crippen LogP contribution >= 0.6 is 0 Å². The van der Waals surface area contributed by atoms with Gasteiger partial charge in [0.25, 0.3) is 0 Å². The van der Waals surface area contributed by atoms with Gasteiger partial charge in [-0.3, -0.25) is 0 Å². The normalized spacial score (nSPS) is 37.9. The van der Waals surface area contributed by atoms with Crippen LogP contribution in [0.25, 0.3) is 0 Å². The molecule has 0 aromatic heterocycles. The first kappa shape index (κ1) is 12.0. The molecule has 0 heterocycles. The van der Waals surface area contributed by atoms with Crippen LogP contribution in [0.1, 0.15) is 70.6 Å². The van der Waals surface area contributed by atoms with Crippen LogP contribution in [0, 0.1) is 5.41 Å². The zero-order valence-electron chi connectivity index (χ0n) is 11.0. The molecule has 3 rings (SSSR count). The maximum absolute atomic E-state index is 6.41. The van der Waals surface area contributed by atoms with Gasteiger partial charge in [0, 0.05) is 11.5 Å². The summed E-state index contributed by atoms with van der Waals surface area (Å²) in [6, 6.07) is 0.427. The Balaban J connectivity index is 1.59. The van der Waals surface area contributed by atoms with E-state index in [2.05, 4.69) is 0 Å². The number of nitrogens with two attached hydrogens (primary N) is 1. The number of ether oxygens (including phenoxy) is 1. The van der Waals surface area contributed by atoms with Crippen molar-refractivity contribution in [3.63, 3.8) is 0 Å². The summed E-state index contributed by atoms with van der Waals surface area (Å²) in [5, 5.41) is 0. The van der Waals surface area contributed by atoms with E-state index in [-0.39, 0.29) is 0 Å². The van der Waals surface area contributed by atoms with E-state index in [0.29, 0.717) is 23.7 Å². The Morgan fingerprint density at radius 1 is 0.882 bits per heavy atom. The van der Waals surface area contributed by atoms with Gasteiger partial charge in [0.2, 0.25) is 0 Å². The highest BCUT2D eigenvalue weighted by molar-refractivity contribution is 5.07. The lowest BCUT2D eigenvalue weighted by Gasteiger charge is -2.57. The number of hydrogen-bond acceptors (Lipinski definition) is 2. The lowest BCUT2D eigenvalue weighted by Crippen LogP contribution is -2.63. The van der Waals surface area contributed by atoms with Gasteiger partial charge in [0.1, 0.15) is 0 Å². The zero-order chi connectivity index (χ0) is 11.7. The molecule has 3 aliphatic rings. The van der Waals surface area contributed by atoms with Crippen LogP contribution in [-0.4, -0.2) is 18.2 Å². The first-order valence-corrected chi connectivity index (χ1v) is 7.72. The van der Waals surface area contributed by atoms with Gasteiger partial charge < -0.3 is 10.5 Å². The molecule has 0 radical (unpaired) electrons. The molecule has 0 amide bonds. The third kappa shape index (κ3) is 2.15. The quantitative estimate of drug-likeness (QED) is 0.799. The zero-order valence-corrected chi connectivity index (χ0v) is 11.0. The summed E-state index contributed by atoms with van der Waals surface area (Å²) >= 11 is 0. The molecule has 0 aliphatic heterocycles. The Bertz CT molecular complexity index is 254. The van der Waals surface area contributed by atoms with Gasteiger partial charge >= 0.3 is 0 Å². The molecule has 3 fully saturated rings. The second-order valence-corrected chi connectivity index (χ2v) is 6.52. The highest BCUT2D eigenvalue weighted by atomic mass is 16.5. The minimum Gasteiger partial charge on any atom is -0.374 e. The van der Waals surface area contributed by atoms with Crippen LogP contribution in [0.3, 0.4) is 0 Å². The molecule has 0 bridgehead atoms. The van der Waals surface area contributed by atoms with Crippen molar-refractivity contribution in [3.8, 4) is 0 Å². The first-order chi connectivity index (χ1) is 8.31. The van der Waals surface area contributed by atoms with Gasteiger partial charge in [-0.2, -0.15) is 0 Å². The summed E-state index contributed by atoms with van der Waals surface area (Å²) in [6.07, 6.45) is 15.7. The Kier molecular flexibility index (Phi) is 3.45. The molecule has 0 saturated heterocycles. The van der Waals surface area contributed by atoms with E-state index in [1.807, 2.05) is 0 Å². The molecule has 17 heavy (non-hydrogen) atoms. The largest absolute Gasteiger partial charge is 0.374 e. The summed E-state index contributed by atoms with van der Waals surface area (Å²) < 4.78 is 6.41. The van der Waals surface area contributed by atoms with Crippen LogP contribution in [0.5, 0.6) is 0 Å². The van der Waals surface area contributed by atoms with Crippen molar-refractivity contribution in [2.45, 2.75) is 88.9 Å². The van der Waals surface area contributed by atoms with Crippen molar-refractivity contribution in [3.05, 3.63) is 0 Å². The summed E-state index contributed by atoms with van der Waals surface area (Å²) in [5.41, 5.74) is 6.69. The maximum Gasteiger partial charge on any atom is 0.0664 e. The molecule has 2 nitrogen and oxygen atoms in total. The van der Waals surface area contributed by atoms with E-state index in [9.17, 15) is 0 Å². The van der Waals surface area contributed by atoms with Gasteiger partial charge in [0.05, 0.1) is 12.2 Å². The van der Waals surface area contributed by atoms with E-state index in [1.54, 1.807) is 0 Å². The standard InChI is InChI=1S/C15H27NO/c16-13-11-14(15(13)9-5-2-6-10-15)17-12-7-3-1-4-8-12/h12-14H,1-11,16H2. The third-order valence-electron chi connectivity index (χ3n) is 5.54. The fourth-order valence-corrected chi connectivity index (χ4v) is 4.31. The molecular formula is C15H27NO. The van der Waals surface area contributed by atoms with Gasteiger partial charge in [-0.05, 0) is 32.1 Å². The highest BCUT2D eigenvalue weighted by Crippen LogP contribution is 2.53. The van der Waals surface area contributed by atoms with Crippen molar-refractivity contribution in [2.75, 3.05) is 0 Å². The summed E-state index contributed by atoms with van der Waals surface area (Å²) in [6.45, 7) is 0. The van der Waals surface area contributed by atoms with E-state index in [0.717, 1.165) is 6.42 Å². The van der Waals surface area contributed by atoms with Crippen molar-refractivity contribution < 1.29 is 4.74 Å². The Morgan fingerprint density at radius 2 is 1.53 bits per heavy atom. The van der Waals surface area contributed by atoms with E-state index < -0.39 is 0 Å². The molecule has 98 valence electrons. The predicted octanol–water partition coefficient (Wildman–Crippen LogP) is 3.39. The lowest BCUT2D eigenvalue weighted by molar-refractivity contribution is -0.174. The van der Waals surface area contributed by atoms with E-state index in [4.69, 9.17) is 10.5 Å². The first-order valence-electron chi connectivity index (χ1n) is 7.72. The van der Waals surface area contributed by atoms with Crippen molar-refractivity contribution in [1.82, 2.24) is 0 Å². The number of hydrogen-bond donors (Lipinski definition) is 1.